The van der Waals surface area contributed by atoms with Gasteiger partial charge in [0.1, 0.15) is 6.61 Å². The van der Waals surface area contributed by atoms with Crippen LogP contribution in [-0.2, 0) is 11.4 Å². The molecule has 1 aromatic carbocycles. The van der Waals surface area contributed by atoms with Crippen molar-refractivity contribution in [3.63, 3.8) is 0 Å². The predicted octanol–water partition coefficient (Wildman–Crippen LogP) is 4.05. The van der Waals surface area contributed by atoms with Gasteiger partial charge in [0, 0.05) is 5.92 Å². The molecule has 0 N–H and O–H groups in total. The van der Waals surface area contributed by atoms with Gasteiger partial charge in [-0.05, 0) is 37.7 Å². The monoisotopic (exact) mass is 256 g/mol. The summed E-state index contributed by atoms with van der Waals surface area (Å²) in [7, 11) is 0. The molecule has 3 heteroatoms. The van der Waals surface area contributed by atoms with Crippen molar-refractivity contribution in [1.29, 1.82) is 5.26 Å². The summed E-state index contributed by atoms with van der Waals surface area (Å²) in [6.45, 7) is 0.520. The van der Waals surface area contributed by atoms with Crippen LogP contribution in [0.25, 0.3) is 0 Å². The largest absolute Gasteiger partial charge is 0.391 e. The van der Waals surface area contributed by atoms with E-state index < -0.39 is 0 Å². The number of oxime groups is 1. The van der Waals surface area contributed by atoms with Gasteiger partial charge in [-0.2, -0.15) is 5.26 Å². The van der Waals surface area contributed by atoms with Gasteiger partial charge in [-0.3, -0.25) is 0 Å². The first-order valence-corrected chi connectivity index (χ1v) is 6.99. The average molecular weight is 256 g/mol. The summed E-state index contributed by atoms with van der Waals surface area (Å²) in [5.41, 5.74) is 2.24. The second kappa shape index (κ2) is 7.58. The Morgan fingerprint density at radius 3 is 2.79 bits per heavy atom. The van der Waals surface area contributed by atoms with E-state index in [1.807, 2.05) is 30.3 Å². The molecular formula is C16H20N2O. The van der Waals surface area contributed by atoms with Gasteiger partial charge < -0.3 is 4.84 Å². The van der Waals surface area contributed by atoms with E-state index in [1.54, 1.807) is 0 Å². The van der Waals surface area contributed by atoms with Gasteiger partial charge in [0.05, 0.1) is 11.8 Å². The zero-order valence-corrected chi connectivity index (χ0v) is 11.2. The lowest BCUT2D eigenvalue weighted by Crippen LogP contribution is -2.09. The lowest BCUT2D eigenvalue weighted by molar-refractivity contribution is 0.129. The topological polar surface area (TPSA) is 45.4 Å². The van der Waals surface area contributed by atoms with Crippen LogP contribution in [0, 0.1) is 17.2 Å². The third kappa shape index (κ3) is 4.75. The fourth-order valence-electron chi connectivity index (χ4n) is 2.32. The van der Waals surface area contributed by atoms with Gasteiger partial charge in [-0.1, -0.05) is 41.9 Å². The third-order valence-electron chi connectivity index (χ3n) is 3.50. The van der Waals surface area contributed by atoms with Gasteiger partial charge in [-0.25, -0.2) is 0 Å². The lowest BCUT2D eigenvalue weighted by atomic mass is 9.91. The Labute approximate surface area is 114 Å². The maximum Gasteiger partial charge on any atom is 0.142 e. The molecule has 1 saturated carbocycles. The van der Waals surface area contributed by atoms with E-state index in [-0.39, 0.29) is 5.92 Å². The molecule has 1 atom stereocenters. The van der Waals surface area contributed by atoms with Crippen molar-refractivity contribution in [3.05, 3.63) is 35.9 Å². The summed E-state index contributed by atoms with van der Waals surface area (Å²) >= 11 is 0. The first-order valence-electron chi connectivity index (χ1n) is 6.99. The van der Waals surface area contributed by atoms with E-state index in [0.29, 0.717) is 6.61 Å². The van der Waals surface area contributed by atoms with Crippen molar-refractivity contribution in [2.24, 2.45) is 11.1 Å². The fraction of sp³-hybridized carbons (Fsp3) is 0.500. The van der Waals surface area contributed by atoms with Crippen LogP contribution >= 0.6 is 0 Å². The minimum atomic E-state index is 0.194. The maximum atomic E-state index is 9.00. The Morgan fingerprint density at radius 2 is 2.00 bits per heavy atom. The Morgan fingerprint density at radius 1 is 1.16 bits per heavy atom. The van der Waals surface area contributed by atoms with Crippen LogP contribution in [0.1, 0.15) is 44.1 Å². The highest BCUT2D eigenvalue weighted by Crippen LogP contribution is 2.20. The molecular weight excluding hydrogens is 236 g/mol. The second-order valence-corrected chi connectivity index (χ2v) is 5.03. The summed E-state index contributed by atoms with van der Waals surface area (Å²) < 4.78 is 0. The molecule has 0 aromatic heterocycles. The summed E-state index contributed by atoms with van der Waals surface area (Å²) in [5, 5.41) is 13.3. The van der Waals surface area contributed by atoms with E-state index in [2.05, 4.69) is 11.2 Å². The molecule has 0 aliphatic heterocycles. The maximum absolute atomic E-state index is 9.00. The number of nitriles is 1. The summed E-state index contributed by atoms with van der Waals surface area (Å²) in [4.78, 5) is 5.43. The quantitative estimate of drug-likeness (QED) is 0.766. The van der Waals surface area contributed by atoms with Crippen LogP contribution < -0.4 is 0 Å². The van der Waals surface area contributed by atoms with Gasteiger partial charge in [0.25, 0.3) is 0 Å². The van der Waals surface area contributed by atoms with Gasteiger partial charge >= 0.3 is 0 Å². The van der Waals surface area contributed by atoms with E-state index in [9.17, 15) is 0 Å². The smallest absolute Gasteiger partial charge is 0.142 e. The summed E-state index contributed by atoms with van der Waals surface area (Å²) in [6, 6.07) is 12.4. The minimum Gasteiger partial charge on any atom is -0.391 e. The van der Waals surface area contributed by atoms with Crippen LogP contribution in [0.5, 0.6) is 0 Å². The molecule has 0 amide bonds. The van der Waals surface area contributed by atoms with Crippen LogP contribution in [0.4, 0.5) is 0 Å². The molecule has 2 rings (SSSR count). The molecule has 1 aromatic rings. The molecule has 1 aliphatic carbocycles. The SMILES string of the molecule is N#CC1CCCC/C(=N/OCc2ccccc2)CC1. The Kier molecular flexibility index (Phi) is 5.43. The van der Waals surface area contributed by atoms with Crippen LogP contribution in [0.2, 0.25) is 0 Å². The van der Waals surface area contributed by atoms with E-state index in [4.69, 9.17) is 10.1 Å². The van der Waals surface area contributed by atoms with Gasteiger partial charge in [0.15, 0.2) is 0 Å². The normalized spacial score (nSPS) is 22.3. The van der Waals surface area contributed by atoms with Crippen LogP contribution in [0.15, 0.2) is 35.5 Å². The van der Waals surface area contributed by atoms with E-state index in [0.717, 1.165) is 49.8 Å². The molecule has 3 nitrogen and oxygen atoms in total. The number of hydrogen-bond acceptors (Lipinski definition) is 3. The van der Waals surface area contributed by atoms with Crippen LogP contribution in [-0.4, -0.2) is 5.71 Å². The average Bonchev–Trinajstić information content (AvgIpc) is 2.43. The number of hydrogen-bond donors (Lipinski definition) is 0. The standard InChI is InChI=1S/C16H20N2O/c17-12-14-6-4-5-9-16(11-10-14)18-19-13-15-7-2-1-3-8-15/h1-3,7-8,14H,4-6,9-11,13H2/b18-16-. The molecule has 1 fully saturated rings. The summed E-state index contributed by atoms with van der Waals surface area (Å²) in [6.07, 6.45) is 6.10. The summed E-state index contributed by atoms with van der Waals surface area (Å²) in [5.74, 6) is 0.194. The molecule has 0 spiro atoms. The van der Waals surface area contributed by atoms with Crippen LogP contribution in [0.3, 0.4) is 0 Å². The van der Waals surface area contributed by atoms with Crippen molar-refractivity contribution in [3.8, 4) is 6.07 Å². The number of benzene rings is 1. The zero-order chi connectivity index (χ0) is 13.3. The number of nitrogens with zero attached hydrogens (tertiary/aromatic N) is 2. The first-order chi connectivity index (χ1) is 9.38. The second-order valence-electron chi connectivity index (χ2n) is 5.03. The molecule has 1 aliphatic rings. The highest BCUT2D eigenvalue weighted by Gasteiger charge is 2.13. The Balaban J connectivity index is 1.82. The van der Waals surface area contributed by atoms with E-state index >= 15 is 0 Å². The highest BCUT2D eigenvalue weighted by molar-refractivity contribution is 5.84. The van der Waals surface area contributed by atoms with Crippen molar-refractivity contribution >= 4 is 5.71 Å². The highest BCUT2D eigenvalue weighted by atomic mass is 16.6. The van der Waals surface area contributed by atoms with Crippen molar-refractivity contribution in [2.45, 2.75) is 45.1 Å². The molecule has 1 unspecified atom stereocenters. The molecule has 0 bridgehead atoms. The Bertz CT molecular complexity index is 448. The first kappa shape index (κ1) is 13.6. The Hall–Kier alpha value is -1.82. The molecule has 0 radical (unpaired) electrons. The molecule has 0 saturated heterocycles. The predicted molar refractivity (Wildman–Crippen MR) is 75.5 cm³/mol. The van der Waals surface area contributed by atoms with Crippen molar-refractivity contribution < 1.29 is 4.84 Å². The van der Waals surface area contributed by atoms with Gasteiger partial charge in [0.2, 0.25) is 0 Å². The van der Waals surface area contributed by atoms with Gasteiger partial charge in [-0.15, -0.1) is 0 Å². The lowest BCUT2D eigenvalue weighted by Gasteiger charge is -2.14. The molecule has 19 heavy (non-hydrogen) atoms. The third-order valence-corrected chi connectivity index (χ3v) is 3.50. The van der Waals surface area contributed by atoms with Crippen molar-refractivity contribution in [1.82, 2.24) is 0 Å². The zero-order valence-electron chi connectivity index (χ0n) is 11.2. The van der Waals surface area contributed by atoms with E-state index in [1.165, 1.54) is 0 Å². The molecule has 0 heterocycles. The minimum absolute atomic E-state index is 0.194. The van der Waals surface area contributed by atoms with Crippen molar-refractivity contribution in [2.75, 3.05) is 0 Å². The number of rotatable bonds is 3. The fourth-order valence-corrected chi connectivity index (χ4v) is 2.32. The molecule has 100 valence electrons.